The van der Waals surface area contributed by atoms with Crippen molar-refractivity contribution in [1.82, 2.24) is 4.90 Å². The van der Waals surface area contributed by atoms with Gasteiger partial charge >= 0.3 is 5.97 Å². The lowest BCUT2D eigenvalue weighted by molar-refractivity contribution is -0.265. The molecular formula is C57H91NO14. The van der Waals surface area contributed by atoms with Crippen LogP contribution in [0.15, 0.2) is 47.6 Å². The Labute approximate surface area is 430 Å². The van der Waals surface area contributed by atoms with E-state index in [1.54, 1.807) is 34.1 Å². The van der Waals surface area contributed by atoms with E-state index in [-0.39, 0.29) is 80.0 Å². The maximum atomic E-state index is 14.6. The van der Waals surface area contributed by atoms with Crippen molar-refractivity contribution in [2.24, 2.45) is 35.5 Å². The van der Waals surface area contributed by atoms with Crippen LogP contribution in [0.3, 0.4) is 0 Å². The number of hydrogen-bond acceptors (Lipinski definition) is 14. The van der Waals surface area contributed by atoms with Crippen molar-refractivity contribution in [3.8, 4) is 0 Å². The van der Waals surface area contributed by atoms with Crippen LogP contribution in [0, 0.1) is 35.5 Å². The van der Waals surface area contributed by atoms with Gasteiger partial charge in [-0.15, -0.1) is 0 Å². The van der Waals surface area contributed by atoms with Crippen molar-refractivity contribution < 1.29 is 67.3 Å². The van der Waals surface area contributed by atoms with Crippen molar-refractivity contribution in [2.45, 2.75) is 206 Å². The minimum absolute atomic E-state index is 0.0434. The third-order valence-corrected chi connectivity index (χ3v) is 15.3. The summed E-state index contributed by atoms with van der Waals surface area (Å²) in [7, 11) is 4.73. The van der Waals surface area contributed by atoms with E-state index in [1.165, 1.54) is 12.0 Å². The first-order valence-electron chi connectivity index (χ1n) is 26.7. The molecule has 2 saturated heterocycles. The summed E-state index contributed by atoms with van der Waals surface area (Å²) in [6, 6.07) is -1.14. The summed E-state index contributed by atoms with van der Waals surface area (Å²) in [6.45, 7) is 19.1. The van der Waals surface area contributed by atoms with Gasteiger partial charge in [0.25, 0.3) is 11.7 Å². The Kier molecular flexibility index (Phi) is 24.2. The van der Waals surface area contributed by atoms with E-state index in [9.17, 15) is 34.2 Å². The standard InChI is InChI=1S/C57H91NO14/c1-35-19-15-14-16-20-36(2)47(66-11)33-43-24-22-41(7)57(65,71-43)53(62)54(63)58-26-18-17-21-44(58)55(64)70-48(38(4)31-42-23-25-46(69-28-27-59)49(32-42)67-12)34-45(60)37(3)30-40(6)51(72-56(8,9)10)52(68-13)50(61)39(5)29-35/h14-16,19-20,30,35,37-39,41-44,46-49,51-52,59,65H,17-18,21-29,31-34H2,1-13H3/b16-14?,19-15+,36-20?,40-30+/t35-,37-,38-,39-,41-,42+,43+,44+,46-,47+,48+,49-,51-,52+,57-/m1/s1. The molecule has 15 atom stereocenters. The number of amides is 1. The van der Waals surface area contributed by atoms with E-state index < -0.39 is 77.4 Å². The third kappa shape index (κ3) is 17.1. The quantitative estimate of drug-likeness (QED) is 0.121. The molecule has 1 saturated carbocycles. The van der Waals surface area contributed by atoms with Gasteiger partial charge in [-0.2, -0.15) is 0 Å². The molecule has 15 heteroatoms. The number of rotatable bonds is 10. The molecular weight excluding hydrogens is 923 g/mol. The number of carbonyl (C=O) groups excluding carboxylic acids is 5. The zero-order chi connectivity index (χ0) is 53.5. The highest BCUT2D eigenvalue weighted by molar-refractivity contribution is 6.39. The molecule has 0 radical (unpaired) electrons. The van der Waals surface area contributed by atoms with Crippen molar-refractivity contribution in [2.75, 3.05) is 41.1 Å². The fourth-order valence-electron chi connectivity index (χ4n) is 11.0. The Hall–Kier alpha value is -3.41. The number of carbonyl (C=O) groups is 5. The van der Waals surface area contributed by atoms with E-state index >= 15 is 0 Å². The van der Waals surface area contributed by atoms with Crippen LogP contribution in [0.4, 0.5) is 0 Å². The number of hydrogen-bond donors (Lipinski definition) is 2. The minimum atomic E-state index is -2.43. The summed E-state index contributed by atoms with van der Waals surface area (Å²) in [5.74, 6) is -7.53. The van der Waals surface area contributed by atoms with Crippen LogP contribution in [-0.2, 0) is 57.1 Å². The molecule has 0 unspecified atom stereocenters. The maximum Gasteiger partial charge on any atom is 0.329 e. The lowest BCUT2D eigenvalue weighted by Gasteiger charge is -2.42. The Morgan fingerprint density at radius 3 is 2.21 bits per heavy atom. The monoisotopic (exact) mass is 1010 g/mol. The van der Waals surface area contributed by atoms with Crippen LogP contribution in [-0.4, -0.2) is 146 Å². The lowest BCUT2D eigenvalue weighted by Crippen LogP contribution is -2.61. The minimum Gasteiger partial charge on any atom is -0.460 e. The van der Waals surface area contributed by atoms with Gasteiger partial charge in [0.15, 0.2) is 5.78 Å². The van der Waals surface area contributed by atoms with Gasteiger partial charge in [0.05, 0.1) is 43.2 Å². The predicted molar refractivity (Wildman–Crippen MR) is 275 cm³/mol. The van der Waals surface area contributed by atoms with Gasteiger partial charge in [-0.25, -0.2) is 4.79 Å². The van der Waals surface area contributed by atoms with E-state index in [4.69, 9.17) is 33.2 Å². The predicted octanol–water partition coefficient (Wildman–Crippen LogP) is 8.02. The van der Waals surface area contributed by atoms with Crippen molar-refractivity contribution in [3.63, 3.8) is 0 Å². The summed E-state index contributed by atoms with van der Waals surface area (Å²) in [5.41, 5.74) is 0.865. The van der Waals surface area contributed by atoms with Crippen molar-refractivity contribution in [1.29, 1.82) is 0 Å². The first-order chi connectivity index (χ1) is 34.0. The molecule has 3 heterocycles. The number of nitrogens with zero attached hydrogens (tertiary/aromatic N) is 1. The van der Waals surface area contributed by atoms with E-state index in [0.717, 1.165) is 12.0 Å². The molecule has 72 heavy (non-hydrogen) atoms. The second-order valence-corrected chi connectivity index (χ2v) is 22.4. The van der Waals surface area contributed by atoms with Gasteiger partial charge in [0, 0.05) is 58.5 Å². The summed E-state index contributed by atoms with van der Waals surface area (Å²) in [6.07, 6.45) is 13.3. The Morgan fingerprint density at radius 2 is 1.56 bits per heavy atom. The maximum absolute atomic E-state index is 14.6. The van der Waals surface area contributed by atoms with E-state index in [2.05, 4.69) is 6.92 Å². The first-order valence-corrected chi connectivity index (χ1v) is 26.7. The van der Waals surface area contributed by atoms with Gasteiger partial charge in [-0.1, -0.05) is 71.1 Å². The van der Waals surface area contributed by atoms with Crippen LogP contribution in [0.25, 0.3) is 0 Å². The number of Topliss-reactive ketones (excluding diaryl/α,β-unsaturated/α-hetero) is 3. The Bertz CT molecular complexity index is 1920. The van der Waals surface area contributed by atoms with E-state index in [0.29, 0.717) is 63.4 Å². The highest BCUT2D eigenvalue weighted by Crippen LogP contribution is 2.38. The van der Waals surface area contributed by atoms with Gasteiger partial charge < -0.3 is 48.3 Å². The van der Waals surface area contributed by atoms with Crippen molar-refractivity contribution >= 4 is 29.2 Å². The van der Waals surface area contributed by atoms with Crippen molar-refractivity contribution in [3.05, 3.63) is 47.6 Å². The summed E-state index contributed by atoms with van der Waals surface area (Å²) >= 11 is 0. The molecule has 1 aliphatic carbocycles. The summed E-state index contributed by atoms with van der Waals surface area (Å²) in [5, 5.41) is 21.4. The average molecular weight is 1010 g/mol. The normalized spacial score (nSPS) is 36.7. The molecule has 3 fully saturated rings. The Morgan fingerprint density at radius 1 is 0.833 bits per heavy atom. The molecule has 0 aromatic heterocycles. The van der Waals surface area contributed by atoms with Gasteiger partial charge in [-0.05, 0) is 128 Å². The second-order valence-electron chi connectivity index (χ2n) is 22.4. The molecule has 0 aromatic rings. The number of fused-ring (bicyclic) bond motifs is 3. The first kappa shape index (κ1) is 61.1. The zero-order valence-electron chi connectivity index (χ0n) is 45.9. The molecule has 4 aliphatic rings. The number of esters is 1. The molecule has 4 rings (SSSR count). The van der Waals surface area contributed by atoms with Crippen LogP contribution in [0.5, 0.6) is 0 Å². The summed E-state index contributed by atoms with van der Waals surface area (Å²) < 4.78 is 42.7. The smallest absolute Gasteiger partial charge is 0.329 e. The Balaban J connectivity index is 1.76. The van der Waals surface area contributed by atoms with Crippen LogP contribution < -0.4 is 0 Å². The fourth-order valence-corrected chi connectivity index (χ4v) is 11.0. The van der Waals surface area contributed by atoms with E-state index in [1.807, 2.05) is 78.8 Å². The third-order valence-electron chi connectivity index (χ3n) is 15.3. The van der Waals surface area contributed by atoms with Crippen LogP contribution in [0.1, 0.15) is 146 Å². The number of aliphatic hydroxyl groups excluding tert-OH is 1. The van der Waals surface area contributed by atoms with Gasteiger partial charge in [-0.3, -0.25) is 19.2 Å². The van der Waals surface area contributed by atoms with Crippen LogP contribution in [0.2, 0.25) is 0 Å². The van der Waals surface area contributed by atoms with Gasteiger partial charge in [0.2, 0.25) is 5.79 Å². The molecule has 2 bridgehead atoms. The topological polar surface area (TPSA) is 194 Å². The number of aliphatic hydroxyl groups is 2. The second kappa shape index (κ2) is 28.5. The molecule has 0 aromatic carbocycles. The number of piperidine rings is 1. The van der Waals surface area contributed by atoms with Gasteiger partial charge in [0.1, 0.15) is 30.1 Å². The number of ether oxygens (including phenoxy) is 7. The highest BCUT2D eigenvalue weighted by Gasteiger charge is 2.53. The number of allylic oxidation sites excluding steroid dienone is 6. The molecule has 1 amide bonds. The lowest BCUT2D eigenvalue weighted by atomic mass is 9.78. The molecule has 408 valence electrons. The average Bonchev–Trinajstić information content (AvgIpc) is 3.34. The number of cyclic esters (lactones) is 1. The zero-order valence-corrected chi connectivity index (χ0v) is 45.9. The number of ketones is 3. The number of methoxy groups -OCH3 is 3. The highest BCUT2D eigenvalue weighted by atomic mass is 16.6. The molecule has 3 aliphatic heterocycles. The molecule has 2 N–H and O–H groups in total. The SMILES string of the molecule is CO[C@H]1C[C@@H]2CC[C@@H](C)[C@@](O)(O2)C(=O)C(=O)N2CCCC[C@H]2C(=O)O[C@H]([C@H](C)C[C@@H]2CC[C@@H](OCCO)[C@H](OC)C2)CC(=O)[C@H](C)/C=C(\C)[C@@H](OC(C)(C)C)[C@@H](OC)C(=O)[C@H](C)C[C@H](C)/C=C/C=CC=C1C. The molecule has 15 nitrogen and oxygen atoms in total. The fraction of sp³-hybridized carbons (Fsp3) is 0.772. The largest absolute Gasteiger partial charge is 0.460 e. The van der Waals surface area contributed by atoms with Crippen LogP contribution >= 0.6 is 0 Å². The molecule has 0 spiro atoms. The summed E-state index contributed by atoms with van der Waals surface area (Å²) in [4.78, 5) is 73.4.